The van der Waals surface area contributed by atoms with E-state index in [1.165, 1.54) is 18.2 Å². The van der Waals surface area contributed by atoms with Crippen LogP contribution in [-0.4, -0.2) is 26.6 Å². The van der Waals surface area contributed by atoms with Crippen LogP contribution < -0.4 is 10.9 Å². The molecule has 1 saturated carbocycles. The third kappa shape index (κ3) is 3.33. The number of hydrogen-bond donors (Lipinski definition) is 2. The number of pyridine rings is 1. The minimum atomic E-state index is -0.725. The topological polar surface area (TPSA) is 88.9 Å². The second kappa shape index (κ2) is 7.03. The highest BCUT2D eigenvalue weighted by Gasteiger charge is 2.28. The number of amides is 2. The van der Waals surface area contributed by atoms with E-state index < -0.39 is 17.6 Å². The second-order valence-electron chi connectivity index (χ2n) is 7.18. The molecule has 8 heteroatoms. The zero-order valence-corrected chi connectivity index (χ0v) is 15.6. The number of nitrogens with one attached hydrogen (secondary N) is 2. The summed E-state index contributed by atoms with van der Waals surface area (Å²) in [6.45, 7) is 3.98. The summed E-state index contributed by atoms with van der Waals surface area (Å²) in [5.74, 6) is -1.53. The fourth-order valence-corrected chi connectivity index (χ4v) is 3.08. The molecule has 0 bridgehead atoms. The summed E-state index contributed by atoms with van der Waals surface area (Å²) in [5.41, 5.74) is 6.37. The molecule has 28 heavy (non-hydrogen) atoms. The molecule has 0 unspecified atom stereocenters. The molecule has 144 valence electrons. The van der Waals surface area contributed by atoms with Gasteiger partial charge in [0.25, 0.3) is 11.8 Å². The molecule has 0 saturated heterocycles. The number of nitrogens with zero attached hydrogens (tertiary/aromatic N) is 3. The van der Waals surface area contributed by atoms with Gasteiger partial charge in [-0.2, -0.15) is 5.10 Å². The molecule has 2 amide bonds. The highest BCUT2D eigenvalue weighted by Crippen LogP contribution is 2.40. The van der Waals surface area contributed by atoms with Crippen LogP contribution in [0.25, 0.3) is 11.0 Å². The average Bonchev–Trinajstić information content (AvgIpc) is 3.44. The summed E-state index contributed by atoms with van der Waals surface area (Å²) in [6, 6.07) is 7.41. The molecule has 2 aromatic heterocycles. The van der Waals surface area contributed by atoms with Crippen LogP contribution in [0, 0.1) is 5.82 Å². The van der Waals surface area contributed by atoms with E-state index in [1.54, 1.807) is 23.0 Å². The Hall–Kier alpha value is -3.29. The molecule has 1 aliphatic carbocycles. The van der Waals surface area contributed by atoms with Crippen molar-refractivity contribution < 1.29 is 14.0 Å². The Labute approximate surface area is 160 Å². The minimum absolute atomic E-state index is 0.0936. The van der Waals surface area contributed by atoms with Crippen LogP contribution in [-0.2, 0) is 0 Å². The zero-order chi connectivity index (χ0) is 19.8. The van der Waals surface area contributed by atoms with Crippen molar-refractivity contribution in [3.8, 4) is 0 Å². The first kappa shape index (κ1) is 18.1. The lowest BCUT2D eigenvalue weighted by atomic mass is 10.1. The summed E-state index contributed by atoms with van der Waals surface area (Å²) in [4.78, 5) is 29.6. The lowest BCUT2D eigenvalue weighted by Crippen LogP contribution is -2.42. The van der Waals surface area contributed by atoms with Gasteiger partial charge in [-0.1, -0.05) is 12.1 Å². The fraction of sp³-hybridized carbons (Fsp3) is 0.300. The van der Waals surface area contributed by atoms with E-state index in [0.717, 1.165) is 18.5 Å². The third-order valence-electron chi connectivity index (χ3n) is 4.72. The van der Waals surface area contributed by atoms with E-state index in [0.29, 0.717) is 22.5 Å². The smallest absolute Gasteiger partial charge is 0.267 e. The number of hydrogen-bond acceptors (Lipinski definition) is 4. The van der Waals surface area contributed by atoms with Gasteiger partial charge in [0.15, 0.2) is 5.65 Å². The maximum Gasteiger partial charge on any atom is 0.272 e. The zero-order valence-electron chi connectivity index (χ0n) is 15.6. The molecule has 7 nitrogen and oxygen atoms in total. The van der Waals surface area contributed by atoms with Crippen LogP contribution in [0.5, 0.6) is 0 Å². The number of fused-ring (bicyclic) bond motifs is 1. The van der Waals surface area contributed by atoms with Crippen molar-refractivity contribution >= 4 is 22.8 Å². The maximum absolute atomic E-state index is 13.7. The average molecular weight is 381 g/mol. The van der Waals surface area contributed by atoms with E-state index in [9.17, 15) is 14.0 Å². The van der Waals surface area contributed by atoms with Crippen LogP contribution in [0.1, 0.15) is 65.1 Å². The highest BCUT2D eigenvalue weighted by molar-refractivity contribution is 6.06. The molecule has 3 aromatic rings. The Bertz CT molecular complexity index is 1070. The predicted octanol–water partition coefficient (Wildman–Crippen LogP) is 3.10. The Kier molecular flexibility index (Phi) is 4.54. The van der Waals surface area contributed by atoms with Crippen molar-refractivity contribution in [2.24, 2.45) is 0 Å². The Balaban J connectivity index is 1.62. The van der Waals surface area contributed by atoms with E-state index in [4.69, 9.17) is 4.98 Å². The lowest BCUT2D eigenvalue weighted by molar-refractivity contribution is 0.0845. The molecule has 1 aliphatic rings. The van der Waals surface area contributed by atoms with Crippen molar-refractivity contribution in [3.05, 3.63) is 59.2 Å². The van der Waals surface area contributed by atoms with Crippen LogP contribution >= 0.6 is 0 Å². The van der Waals surface area contributed by atoms with Gasteiger partial charge < -0.3 is 0 Å². The molecule has 2 heterocycles. The summed E-state index contributed by atoms with van der Waals surface area (Å²) >= 11 is 0. The molecule has 2 N–H and O–H groups in total. The number of carbonyl (C=O) groups excluding carboxylic acids is 2. The van der Waals surface area contributed by atoms with Crippen molar-refractivity contribution in [2.75, 3.05) is 0 Å². The first-order valence-electron chi connectivity index (χ1n) is 9.19. The van der Waals surface area contributed by atoms with Crippen LogP contribution in [0.2, 0.25) is 0 Å². The Morgan fingerprint density at radius 1 is 1.14 bits per heavy atom. The first-order valence-corrected chi connectivity index (χ1v) is 9.19. The van der Waals surface area contributed by atoms with Crippen LogP contribution in [0.15, 0.2) is 36.5 Å². The van der Waals surface area contributed by atoms with E-state index in [1.807, 2.05) is 13.8 Å². The van der Waals surface area contributed by atoms with Gasteiger partial charge in [0.2, 0.25) is 0 Å². The third-order valence-corrected chi connectivity index (χ3v) is 4.72. The number of rotatable bonds is 4. The number of halogens is 1. The number of carbonyl (C=O) groups is 2. The van der Waals surface area contributed by atoms with Gasteiger partial charge in [-0.25, -0.2) is 14.1 Å². The van der Waals surface area contributed by atoms with Gasteiger partial charge in [-0.15, -0.1) is 0 Å². The molecule has 0 aliphatic heterocycles. The summed E-state index contributed by atoms with van der Waals surface area (Å²) in [6.07, 6.45) is 3.69. The van der Waals surface area contributed by atoms with Gasteiger partial charge in [0, 0.05) is 17.7 Å². The molecule has 0 atom stereocenters. The van der Waals surface area contributed by atoms with Gasteiger partial charge in [-0.3, -0.25) is 20.4 Å². The Morgan fingerprint density at radius 3 is 2.46 bits per heavy atom. The molecular weight excluding hydrogens is 361 g/mol. The summed E-state index contributed by atoms with van der Waals surface area (Å²) in [7, 11) is 0. The molecule has 0 radical (unpaired) electrons. The summed E-state index contributed by atoms with van der Waals surface area (Å²) < 4.78 is 15.5. The molecule has 1 fully saturated rings. The molecular formula is C20H20FN5O2. The van der Waals surface area contributed by atoms with Gasteiger partial charge in [0.05, 0.1) is 22.7 Å². The predicted molar refractivity (Wildman–Crippen MR) is 101 cm³/mol. The van der Waals surface area contributed by atoms with E-state index in [-0.39, 0.29) is 11.6 Å². The summed E-state index contributed by atoms with van der Waals surface area (Å²) in [5, 5.41) is 4.96. The molecule has 0 spiro atoms. The van der Waals surface area contributed by atoms with Gasteiger partial charge in [-0.05, 0) is 44.9 Å². The molecule has 4 rings (SSSR count). The van der Waals surface area contributed by atoms with Crippen molar-refractivity contribution in [3.63, 3.8) is 0 Å². The number of benzene rings is 1. The lowest BCUT2D eigenvalue weighted by Gasteiger charge is -2.11. The number of aromatic nitrogens is 3. The van der Waals surface area contributed by atoms with Crippen molar-refractivity contribution in [1.29, 1.82) is 0 Å². The number of hydrazine groups is 1. The van der Waals surface area contributed by atoms with Gasteiger partial charge in [0.1, 0.15) is 5.82 Å². The van der Waals surface area contributed by atoms with Crippen molar-refractivity contribution in [2.45, 2.75) is 38.6 Å². The van der Waals surface area contributed by atoms with Gasteiger partial charge >= 0.3 is 0 Å². The largest absolute Gasteiger partial charge is 0.272 e. The van der Waals surface area contributed by atoms with Crippen LogP contribution in [0.3, 0.4) is 0 Å². The van der Waals surface area contributed by atoms with Crippen molar-refractivity contribution in [1.82, 2.24) is 25.6 Å². The van der Waals surface area contributed by atoms with E-state index >= 15 is 0 Å². The molecule has 1 aromatic carbocycles. The SMILES string of the molecule is CC(C)n1ncc2c(C(=O)NNC(=O)c3ccccc3F)cc(C3CC3)nc21. The van der Waals surface area contributed by atoms with Crippen LogP contribution in [0.4, 0.5) is 4.39 Å². The van der Waals surface area contributed by atoms with E-state index in [2.05, 4.69) is 16.0 Å². The normalized spacial score (nSPS) is 13.7. The highest BCUT2D eigenvalue weighted by atomic mass is 19.1. The Morgan fingerprint density at radius 2 is 1.82 bits per heavy atom. The maximum atomic E-state index is 13.7. The standard InChI is InChI=1S/C20H20FN5O2/c1-11(2)26-18-15(10-22-26)14(9-17(23-18)12-7-8-12)20(28)25-24-19(27)13-5-3-4-6-16(13)21/h3-6,9-12H,7-8H2,1-2H3,(H,24,27)(H,25,28). The minimum Gasteiger partial charge on any atom is -0.267 e. The fourth-order valence-electron chi connectivity index (χ4n) is 3.08. The first-order chi connectivity index (χ1) is 13.5. The second-order valence-corrected chi connectivity index (χ2v) is 7.18. The quantitative estimate of drug-likeness (QED) is 0.680. The monoisotopic (exact) mass is 381 g/mol.